The van der Waals surface area contributed by atoms with Gasteiger partial charge < -0.3 is 10.1 Å². The topological polar surface area (TPSA) is 52.0 Å². The zero-order chi connectivity index (χ0) is 12.5. The average Bonchev–Trinajstić information content (AvgIpc) is 2.77. The molecule has 0 aromatic carbocycles. The maximum atomic E-state index is 13.8. The van der Waals surface area contributed by atoms with Crippen molar-refractivity contribution in [2.24, 2.45) is 0 Å². The van der Waals surface area contributed by atoms with Crippen LogP contribution in [0.3, 0.4) is 0 Å². The van der Waals surface area contributed by atoms with Crippen molar-refractivity contribution in [1.82, 2.24) is 14.8 Å². The highest BCUT2D eigenvalue weighted by Gasteiger charge is 2.21. The summed E-state index contributed by atoms with van der Waals surface area (Å²) in [5.41, 5.74) is 1.31. The van der Waals surface area contributed by atoms with Crippen LogP contribution in [-0.4, -0.2) is 28.4 Å². The number of anilines is 1. The van der Waals surface area contributed by atoms with E-state index >= 15 is 0 Å². The number of fused-ring (bicyclic) bond motifs is 1. The highest BCUT2D eigenvalue weighted by Crippen LogP contribution is 2.27. The van der Waals surface area contributed by atoms with E-state index in [1.54, 1.807) is 24.0 Å². The SMILES string of the molecule is CNc1cnc2c(c1)c(F)nn2C1CCCCO1. The van der Waals surface area contributed by atoms with E-state index in [9.17, 15) is 4.39 Å². The summed E-state index contributed by atoms with van der Waals surface area (Å²) in [6, 6.07) is 1.71. The maximum Gasteiger partial charge on any atom is 0.242 e. The molecule has 3 heterocycles. The molecule has 0 amide bonds. The van der Waals surface area contributed by atoms with Crippen molar-refractivity contribution in [2.75, 3.05) is 19.0 Å². The molecule has 2 aromatic heterocycles. The van der Waals surface area contributed by atoms with Gasteiger partial charge in [-0.25, -0.2) is 9.67 Å². The second kappa shape index (κ2) is 4.53. The Kier molecular flexibility index (Phi) is 2.87. The monoisotopic (exact) mass is 250 g/mol. The van der Waals surface area contributed by atoms with Gasteiger partial charge in [0.15, 0.2) is 11.9 Å². The van der Waals surface area contributed by atoms with Crippen molar-refractivity contribution in [3.8, 4) is 0 Å². The summed E-state index contributed by atoms with van der Waals surface area (Å²) in [5.74, 6) is -0.497. The molecule has 6 heteroatoms. The van der Waals surface area contributed by atoms with Crippen LogP contribution in [0.5, 0.6) is 0 Å². The first-order valence-electron chi connectivity index (χ1n) is 6.12. The van der Waals surface area contributed by atoms with Crippen molar-refractivity contribution >= 4 is 16.7 Å². The van der Waals surface area contributed by atoms with Gasteiger partial charge in [0.1, 0.15) is 0 Å². The van der Waals surface area contributed by atoms with Crippen LogP contribution >= 0.6 is 0 Å². The van der Waals surface area contributed by atoms with Gasteiger partial charge >= 0.3 is 0 Å². The van der Waals surface area contributed by atoms with E-state index in [-0.39, 0.29) is 6.23 Å². The number of pyridine rings is 1. The molecule has 1 saturated heterocycles. The molecule has 0 bridgehead atoms. The minimum absolute atomic E-state index is 0.196. The highest BCUT2D eigenvalue weighted by molar-refractivity contribution is 5.78. The van der Waals surface area contributed by atoms with Gasteiger partial charge in [0.2, 0.25) is 5.95 Å². The van der Waals surface area contributed by atoms with Gasteiger partial charge in [0.05, 0.1) is 17.3 Å². The summed E-state index contributed by atoms with van der Waals surface area (Å²) in [6.07, 6.45) is 4.45. The molecule has 1 fully saturated rings. The number of hydrogen-bond acceptors (Lipinski definition) is 4. The summed E-state index contributed by atoms with van der Waals surface area (Å²) in [6.45, 7) is 0.697. The Morgan fingerprint density at radius 1 is 1.50 bits per heavy atom. The van der Waals surface area contributed by atoms with Gasteiger partial charge in [-0.3, -0.25) is 0 Å². The number of ether oxygens (including phenoxy) is 1. The first-order valence-corrected chi connectivity index (χ1v) is 6.12. The lowest BCUT2D eigenvalue weighted by Crippen LogP contribution is -2.19. The molecule has 0 spiro atoms. The molecule has 1 N–H and O–H groups in total. The lowest BCUT2D eigenvalue weighted by atomic mass is 10.2. The third-order valence-corrected chi connectivity index (χ3v) is 3.22. The third-order valence-electron chi connectivity index (χ3n) is 3.22. The normalized spacial score (nSPS) is 20.2. The number of nitrogens with one attached hydrogen (secondary N) is 1. The summed E-state index contributed by atoms with van der Waals surface area (Å²) < 4.78 is 21.0. The van der Waals surface area contributed by atoms with Crippen LogP contribution in [0.1, 0.15) is 25.5 Å². The molecular formula is C12H15FN4O. The van der Waals surface area contributed by atoms with Crippen molar-refractivity contribution in [3.05, 3.63) is 18.2 Å². The first-order chi connectivity index (χ1) is 8.79. The molecule has 1 atom stereocenters. The van der Waals surface area contributed by atoms with E-state index in [1.807, 2.05) is 0 Å². The second-order valence-electron chi connectivity index (χ2n) is 4.40. The summed E-state index contributed by atoms with van der Waals surface area (Å²) in [7, 11) is 1.77. The summed E-state index contributed by atoms with van der Waals surface area (Å²) in [5, 5.41) is 7.29. The molecule has 1 aliphatic rings. The van der Waals surface area contributed by atoms with Gasteiger partial charge in [0.25, 0.3) is 0 Å². The van der Waals surface area contributed by atoms with Crippen molar-refractivity contribution in [2.45, 2.75) is 25.5 Å². The summed E-state index contributed by atoms with van der Waals surface area (Å²) >= 11 is 0. The van der Waals surface area contributed by atoms with E-state index in [0.29, 0.717) is 17.6 Å². The Balaban J connectivity index is 2.07. The van der Waals surface area contributed by atoms with Crippen molar-refractivity contribution in [1.29, 1.82) is 0 Å². The van der Waals surface area contributed by atoms with E-state index < -0.39 is 5.95 Å². The Hall–Kier alpha value is -1.69. The molecule has 0 radical (unpaired) electrons. The molecule has 1 unspecified atom stereocenters. The Morgan fingerprint density at radius 3 is 3.11 bits per heavy atom. The fraction of sp³-hybridized carbons (Fsp3) is 0.500. The number of halogens is 1. The first kappa shape index (κ1) is 11.4. The van der Waals surface area contributed by atoms with E-state index in [2.05, 4.69) is 15.4 Å². The van der Waals surface area contributed by atoms with Gasteiger partial charge in [-0.15, -0.1) is 5.10 Å². The van der Waals surface area contributed by atoms with Gasteiger partial charge in [-0.05, 0) is 25.3 Å². The highest BCUT2D eigenvalue weighted by atomic mass is 19.1. The van der Waals surface area contributed by atoms with E-state index in [4.69, 9.17) is 4.74 Å². The third kappa shape index (κ3) is 1.82. The Morgan fingerprint density at radius 2 is 2.39 bits per heavy atom. The second-order valence-corrected chi connectivity index (χ2v) is 4.40. The molecule has 96 valence electrons. The van der Waals surface area contributed by atoms with Crippen LogP contribution in [-0.2, 0) is 4.74 Å². The molecule has 0 saturated carbocycles. The fourth-order valence-electron chi connectivity index (χ4n) is 2.24. The smallest absolute Gasteiger partial charge is 0.242 e. The van der Waals surface area contributed by atoms with Crippen molar-refractivity contribution < 1.29 is 9.13 Å². The number of rotatable bonds is 2. The number of hydrogen-bond donors (Lipinski definition) is 1. The van der Waals surface area contributed by atoms with Crippen LogP contribution in [0.15, 0.2) is 12.3 Å². The van der Waals surface area contributed by atoms with E-state index in [0.717, 1.165) is 24.9 Å². The molecule has 1 aliphatic heterocycles. The average molecular weight is 250 g/mol. The lowest BCUT2D eigenvalue weighted by Gasteiger charge is -2.22. The van der Waals surface area contributed by atoms with Crippen LogP contribution < -0.4 is 5.32 Å². The minimum atomic E-state index is -0.497. The van der Waals surface area contributed by atoms with Gasteiger partial charge in [0, 0.05) is 13.7 Å². The van der Waals surface area contributed by atoms with Crippen LogP contribution in [0.2, 0.25) is 0 Å². The molecular weight excluding hydrogens is 235 g/mol. The van der Waals surface area contributed by atoms with Gasteiger partial charge in [-0.2, -0.15) is 4.39 Å². The number of aromatic nitrogens is 3. The maximum absolute atomic E-state index is 13.8. The minimum Gasteiger partial charge on any atom is -0.387 e. The van der Waals surface area contributed by atoms with Crippen LogP contribution in [0.4, 0.5) is 10.1 Å². The molecule has 5 nitrogen and oxygen atoms in total. The predicted octanol–water partition coefficient (Wildman–Crippen LogP) is 2.31. The van der Waals surface area contributed by atoms with E-state index in [1.165, 1.54) is 0 Å². The van der Waals surface area contributed by atoms with Crippen molar-refractivity contribution in [3.63, 3.8) is 0 Å². The predicted molar refractivity (Wildman–Crippen MR) is 65.9 cm³/mol. The largest absolute Gasteiger partial charge is 0.387 e. The molecule has 3 rings (SSSR count). The quantitative estimate of drug-likeness (QED) is 0.888. The summed E-state index contributed by atoms with van der Waals surface area (Å²) in [4.78, 5) is 4.27. The standard InChI is InChI=1S/C12H15FN4O/c1-14-8-6-9-11(13)16-17(12(9)15-7-8)10-4-2-3-5-18-10/h6-7,10,14H,2-5H2,1H3. The molecule has 2 aromatic rings. The van der Waals surface area contributed by atoms with Crippen LogP contribution in [0, 0.1) is 5.95 Å². The fourth-order valence-corrected chi connectivity index (χ4v) is 2.24. The van der Waals surface area contributed by atoms with Crippen LogP contribution in [0.25, 0.3) is 11.0 Å². The zero-order valence-corrected chi connectivity index (χ0v) is 10.2. The Labute approximate surface area is 104 Å². The lowest BCUT2D eigenvalue weighted by molar-refractivity contribution is -0.0378. The zero-order valence-electron chi connectivity index (χ0n) is 10.2. The van der Waals surface area contributed by atoms with Gasteiger partial charge in [-0.1, -0.05) is 0 Å². The molecule has 0 aliphatic carbocycles. The molecule has 18 heavy (non-hydrogen) atoms. The number of nitrogens with zero attached hydrogens (tertiary/aromatic N) is 3. The Bertz CT molecular complexity index is 562.